The molecule has 0 unspecified atom stereocenters. The lowest BCUT2D eigenvalue weighted by Gasteiger charge is -2.15. The average Bonchev–Trinajstić information content (AvgIpc) is 3.09. The highest BCUT2D eigenvalue weighted by molar-refractivity contribution is 9.10. The molecule has 37 heavy (non-hydrogen) atoms. The van der Waals surface area contributed by atoms with Crippen molar-refractivity contribution < 1.29 is 26.9 Å². The highest BCUT2D eigenvalue weighted by Crippen LogP contribution is 2.41. The third-order valence-corrected chi connectivity index (χ3v) is 8.16. The van der Waals surface area contributed by atoms with E-state index in [1.807, 2.05) is 38.1 Å². The zero-order valence-corrected chi connectivity index (χ0v) is 23.6. The SMILES string of the molecule is CCOc1cc(/C=C2\SC(=O)N(Cc3cccc(C)c3)C2=O)cc(Br)c1OS(=O)(=O)c1ccc(C)cc1. The van der Waals surface area contributed by atoms with Crippen LogP contribution >= 0.6 is 27.7 Å². The molecule has 0 N–H and O–H groups in total. The molecule has 3 aromatic rings. The van der Waals surface area contributed by atoms with Gasteiger partial charge in [0.1, 0.15) is 4.90 Å². The summed E-state index contributed by atoms with van der Waals surface area (Å²) in [6.07, 6.45) is 1.58. The van der Waals surface area contributed by atoms with Crippen LogP contribution in [-0.4, -0.2) is 31.1 Å². The predicted molar refractivity (Wildman–Crippen MR) is 147 cm³/mol. The molecule has 192 valence electrons. The number of benzene rings is 3. The van der Waals surface area contributed by atoms with Crippen LogP contribution in [0.25, 0.3) is 6.08 Å². The minimum Gasteiger partial charge on any atom is -0.490 e. The zero-order valence-electron chi connectivity index (χ0n) is 20.4. The topological polar surface area (TPSA) is 90.0 Å². The largest absolute Gasteiger partial charge is 0.490 e. The number of ether oxygens (including phenoxy) is 1. The molecule has 1 saturated heterocycles. The molecule has 7 nitrogen and oxygen atoms in total. The first kappa shape index (κ1) is 27.0. The number of hydrogen-bond donors (Lipinski definition) is 0. The fourth-order valence-corrected chi connectivity index (χ4v) is 6.10. The van der Waals surface area contributed by atoms with Crippen LogP contribution in [0.5, 0.6) is 11.5 Å². The smallest absolute Gasteiger partial charge is 0.339 e. The Morgan fingerprint density at radius 1 is 1.00 bits per heavy atom. The Balaban J connectivity index is 1.62. The lowest BCUT2D eigenvalue weighted by atomic mass is 10.1. The fraction of sp³-hybridized carbons (Fsp3) is 0.185. The van der Waals surface area contributed by atoms with E-state index in [1.165, 1.54) is 17.0 Å². The maximum Gasteiger partial charge on any atom is 0.339 e. The maximum absolute atomic E-state index is 13.0. The van der Waals surface area contributed by atoms with E-state index in [2.05, 4.69) is 15.9 Å². The number of carbonyl (C=O) groups excluding carboxylic acids is 2. The van der Waals surface area contributed by atoms with Gasteiger partial charge in [0.15, 0.2) is 11.5 Å². The molecule has 0 aliphatic carbocycles. The second-order valence-corrected chi connectivity index (χ2v) is 11.8. The van der Waals surface area contributed by atoms with Crippen LogP contribution in [0.15, 0.2) is 74.9 Å². The number of halogens is 1. The van der Waals surface area contributed by atoms with E-state index in [9.17, 15) is 18.0 Å². The Bertz CT molecular complexity index is 1500. The molecule has 0 atom stereocenters. The number of carbonyl (C=O) groups is 2. The van der Waals surface area contributed by atoms with Crippen molar-refractivity contribution in [2.45, 2.75) is 32.2 Å². The number of thioether (sulfide) groups is 1. The van der Waals surface area contributed by atoms with Crippen LogP contribution in [-0.2, 0) is 21.5 Å². The molecular weight excluding hydrogens is 578 g/mol. The van der Waals surface area contributed by atoms with Crippen LogP contribution in [0.1, 0.15) is 29.2 Å². The number of aryl methyl sites for hydroxylation is 2. The third-order valence-electron chi connectivity index (χ3n) is 5.43. The van der Waals surface area contributed by atoms with Gasteiger partial charge in [-0.25, -0.2) is 0 Å². The van der Waals surface area contributed by atoms with Gasteiger partial charge >= 0.3 is 10.1 Å². The molecule has 0 saturated carbocycles. The van der Waals surface area contributed by atoms with Crippen molar-refractivity contribution in [2.75, 3.05) is 6.61 Å². The molecule has 1 aliphatic heterocycles. The van der Waals surface area contributed by atoms with Gasteiger partial charge in [0.25, 0.3) is 11.1 Å². The second kappa shape index (κ2) is 11.1. The summed E-state index contributed by atoms with van der Waals surface area (Å²) in [5.74, 6) is -0.224. The lowest BCUT2D eigenvalue weighted by Crippen LogP contribution is -2.27. The van der Waals surface area contributed by atoms with Crippen LogP contribution < -0.4 is 8.92 Å². The molecule has 0 bridgehead atoms. The van der Waals surface area contributed by atoms with Crippen molar-refractivity contribution in [1.29, 1.82) is 0 Å². The number of nitrogens with zero attached hydrogens (tertiary/aromatic N) is 1. The summed E-state index contributed by atoms with van der Waals surface area (Å²) in [4.78, 5) is 27.1. The minimum absolute atomic E-state index is 0.00729. The van der Waals surface area contributed by atoms with E-state index < -0.39 is 16.0 Å². The van der Waals surface area contributed by atoms with Gasteiger partial charge in [-0.3, -0.25) is 14.5 Å². The summed E-state index contributed by atoms with van der Waals surface area (Å²) in [6, 6.07) is 17.1. The van der Waals surface area contributed by atoms with Crippen molar-refractivity contribution in [3.63, 3.8) is 0 Å². The molecule has 0 spiro atoms. The summed E-state index contributed by atoms with van der Waals surface area (Å²) in [5, 5.41) is -0.356. The molecule has 1 heterocycles. The van der Waals surface area contributed by atoms with Crippen molar-refractivity contribution >= 4 is 55.0 Å². The third kappa shape index (κ3) is 6.26. The molecule has 10 heteroatoms. The summed E-state index contributed by atoms with van der Waals surface area (Å²) >= 11 is 4.23. The van der Waals surface area contributed by atoms with Gasteiger partial charge in [-0.05, 0) is 89.9 Å². The summed E-state index contributed by atoms with van der Waals surface area (Å²) in [5.41, 5.74) is 3.36. The zero-order chi connectivity index (χ0) is 26.7. The molecule has 3 aromatic carbocycles. The molecule has 0 radical (unpaired) electrons. The molecule has 4 rings (SSSR count). The highest BCUT2D eigenvalue weighted by atomic mass is 79.9. The monoisotopic (exact) mass is 601 g/mol. The normalized spacial score (nSPS) is 14.9. The Hall–Kier alpha value is -3.08. The predicted octanol–water partition coefficient (Wildman–Crippen LogP) is 6.47. The Morgan fingerprint density at radius 3 is 2.41 bits per heavy atom. The van der Waals surface area contributed by atoms with E-state index in [-0.39, 0.29) is 39.7 Å². The second-order valence-electron chi connectivity index (χ2n) is 8.37. The van der Waals surface area contributed by atoms with E-state index >= 15 is 0 Å². The van der Waals surface area contributed by atoms with E-state index in [0.29, 0.717) is 10.0 Å². The van der Waals surface area contributed by atoms with Gasteiger partial charge in [0.2, 0.25) is 0 Å². The van der Waals surface area contributed by atoms with Crippen LogP contribution in [0.3, 0.4) is 0 Å². The number of rotatable bonds is 8. The Kier molecular flexibility index (Phi) is 8.11. The van der Waals surface area contributed by atoms with Crippen molar-refractivity contribution in [2.24, 2.45) is 0 Å². The van der Waals surface area contributed by atoms with Crippen LogP contribution in [0.4, 0.5) is 4.79 Å². The lowest BCUT2D eigenvalue weighted by molar-refractivity contribution is -0.123. The van der Waals surface area contributed by atoms with Crippen molar-refractivity contribution in [3.8, 4) is 11.5 Å². The molecule has 1 fully saturated rings. The highest BCUT2D eigenvalue weighted by Gasteiger charge is 2.35. The first-order chi connectivity index (χ1) is 17.6. The first-order valence-electron chi connectivity index (χ1n) is 11.4. The van der Waals surface area contributed by atoms with E-state index in [0.717, 1.165) is 28.5 Å². The summed E-state index contributed by atoms with van der Waals surface area (Å²) in [7, 11) is -4.12. The summed E-state index contributed by atoms with van der Waals surface area (Å²) in [6.45, 7) is 6.00. The van der Waals surface area contributed by atoms with E-state index in [1.54, 1.807) is 37.3 Å². The number of hydrogen-bond acceptors (Lipinski definition) is 7. The van der Waals surface area contributed by atoms with Crippen LogP contribution in [0.2, 0.25) is 0 Å². The number of imide groups is 1. The molecule has 2 amide bonds. The van der Waals surface area contributed by atoms with Crippen molar-refractivity contribution in [3.05, 3.63) is 92.3 Å². The van der Waals surface area contributed by atoms with Crippen LogP contribution in [0, 0.1) is 13.8 Å². The Morgan fingerprint density at radius 2 is 1.73 bits per heavy atom. The van der Waals surface area contributed by atoms with Gasteiger partial charge in [0.05, 0.1) is 22.5 Å². The molecular formula is C27H24BrNO6S2. The first-order valence-corrected chi connectivity index (χ1v) is 14.4. The quantitative estimate of drug-likeness (QED) is 0.216. The van der Waals surface area contributed by atoms with Gasteiger partial charge in [-0.15, -0.1) is 0 Å². The fourth-order valence-electron chi connectivity index (χ4n) is 3.66. The molecule has 0 aromatic heterocycles. The van der Waals surface area contributed by atoms with Gasteiger partial charge in [0, 0.05) is 0 Å². The summed E-state index contributed by atoms with van der Waals surface area (Å²) < 4.78 is 37.2. The van der Waals surface area contributed by atoms with Gasteiger partial charge < -0.3 is 8.92 Å². The Labute approximate surface area is 228 Å². The maximum atomic E-state index is 13.0. The molecule has 1 aliphatic rings. The van der Waals surface area contributed by atoms with Gasteiger partial charge in [-0.1, -0.05) is 47.5 Å². The number of amides is 2. The van der Waals surface area contributed by atoms with E-state index in [4.69, 9.17) is 8.92 Å². The van der Waals surface area contributed by atoms with Gasteiger partial charge in [-0.2, -0.15) is 8.42 Å². The average molecular weight is 603 g/mol. The van der Waals surface area contributed by atoms with Crippen molar-refractivity contribution in [1.82, 2.24) is 4.90 Å². The standard InChI is InChI=1S/C27H24BrNO6S2/c1-4-34-23-14-20(13-22(28)25(23)35-37(32,33)21-10-8-17(2)9-11-21)15-24-26(30)29(27(31)36-24)16-19-7-5-6-18(3)12-19/h5-15H,4,16H2,1-3H3/b24-15-. The minimum atomic E-state index is -4.12.